The zero-order chi connectivity index (χ0) is 11.5. The average Bonchev–Trinajstić information content (AvgIpc) is 2.66. The van der Waals surface area contributed by atoms with Gasteiger partial charge in [0.2, 0.25) is 0 Å². The van der Waals surface area contributed by atoms with Gasteiger partial charge in [0.05, 0.1) is 25.1 Å². The number of benzene rings is 1. The molecular weight excluding hydrogens is 202 g/mol. The minimum absolute atomic E-state index is 0.0213. The molecule has 84 valence electrons. The van der Waals surface area contributed by atoms with E-state index in [9.17, 15) is 5.11 Å². The van der Waals surface area contributed by atoms with Crippen LogP contribution in [0.2, 0.25) is 0 Å². The fourth-order valence-electron chi connectivity index (χ4n) is 1.86. The Morgan fingerprint density at radius 3 is 2.44 bits per heavy atom. The van der Waals surface area contributed by atoms with Crippen LogP contribution in [-0.2, 0) is 13.7 Å². The minimum atomic E-state index is -0.0213. The smallest absolute Gasteiger partial charge is 0.142 e. The van der Waals surface area contributed by atoms with Crippen LogP contribution in [0.1, 0.15) is 5.69 Å². The van der Waals surface area contributed by atoms with Crippen LogP contribution < -0.4 is 4.74 Å². The maximum atomic E-state index is 9.29. The van der Waals surface area contributed by atoms with Crippen LogP contribution in [0.25, 0.3) is 11.3 Å². The van der Waals surface area contributed by atoms with Crippen molar-refractivity contribution in [2.24, 2.45) is 7.05 Å². The molecule has 2 rings (SSSR count). The summed E-state index contributed by atoms with van der Waals surface area (Å²) in [5, 5.41) is 9.29. The van der Waals surface area contributed by atoms with Crippen molar-refractivity contribution >= 4 is 0 Å². The number of hydrogen-bond donors (Lipinski definition) is 1. The summed E-state index contributed by atoms with van der Waals surface area (Å²) in [6.07, 6.45) is 0. The summed E-state index contributed by atoms with van der Waals surface area (Å²) >= 11 is 0. The van der Waals surface area contributed by atoms with Crippen LogP contribution in [0.15, 0.2) is 36.4 Å². The summed E-state index contributed by atoms with van der Waals surface area (Å²) in [5.41, 5.74) is 2.95. The van der Waals surface area contributed by atoms with Gasteiger partial charge in [0.1, 0.15) is 5.75 Å². The van der Waals surface area contributed by atoms with E-state index < -0.39 is 0 Å². The van der Waals surface area contributed by atoms with Gasteiger partial charge in [-0.15, -0.1) is 0 Å². The molecule has 0 aliphatic carbocycles. The van der Waals surface area contributed by atoms with Gasteiger partial charge in [0.15, 0.2) is 0 Å². The van der Waals surface area contributed by atoms with Gasteiger partial charge in [-0.05, 0) is 5.56 Å². The highest BCUT2D eigenvalue weighted by Crippen LogP contribution is 2.29. The van der Waals surface area contributed by atoms with E-state index in [1.807, 2.05) is 48.0 Å². The predicted octanol–water partition coefficient (Wildman–Crippen LogP) is 2.19. The van der Waals surface area contributed by atoms with Crippen molar-refractivity contribution in [2.45, 2.75) is 6.61 Å². The summed E-state index contributed by atoms with van der Waals surface area (Å²) in [4.78, 5) is 0. The lowest BCUT2D eigenvalue weighted by Crippen LogP contribution is -1.99. The molecule has 0 unspecified atom stereocenters. The van der Waals surface area contributed by atoms with Crippen molar-refractivity contribution < 1.29 is 9.84 Å². The molecule has 0 aliphatic heterocycles. The van der Waals surface area contributed by atoms with Crippen LogP contribution in [0, 0.1) is 0 Å². The van der Waals surface area contributed by atoms with E-state index in [0.717, 1.165) is 22.7 Å². The minimum Gasteiger partial charge on any atom is -0.495 e. The summed E-state index contributed by atoms with van der Waals surface area (Å²) in [7, 11) is 3.54. The quantitative estimate of drug-likeness (QED) is 0.855. The Balaban J connectivity index is 2.54. The first-order chi connectivity index (χ1) is 7.77. The van der Waals surface area contributed by atoms with E-state index in [2.05, 4.69) is 0 Å². The standard InChI is InChI=1S/C13H15NO2/c1-14-11(10-6-4-3-5-7-10)8-13(16-2)12(14)9-15/h3-8,15H,9H2,1-2H3. The van der Waals surface area contributed by atoms with E-state index in [1.165, 1.54) is 0 Å². The molecule has 0 spiro atoms. The maximum Gasteiger partial charge on any atom is 0.142 e. The third kappa shape index (κ3) is 1.70. The third-order valence-corrected chi connectivity index (χ3v) is 2.76. The Hall–Kier alpha value is -1.74. The maximum absolute atomic E-state index is 9.29. The fraction of sp³-hybridized carbons (Fsp3) is 0.231. The van der Waals surface area contributed by atoms with Crippen LogP contribution >= 0.6 is 0 Å². The van der Waals surface area contributed by atoms with E-state index in [1.54, 1.807) is 7.11 Å². The van der Waals surface area contributed by atoms with E-state index in [4.69, 9.17) is 4.74 Å². The first kappa shape index (κ1) is 10.8. The van der Waals surface area contributed by atoms with E-state index in [-0.39, 0.29) is 6.61 Å². The van der Waals surface area contributed by atoms with Crippen molar-refractivity contribution in [1.82, 2.24) is 4.57 Å². The van der Waals surface area contributed by atoms with E-state index >= 15 is 0 Å². The molecule has 1 heterocycles. The van der Waals surface area contributed by atoms with Crippen molar-refractivity contribution in [1.29, 1.82) is 0 Å². The summed E-state index contributed by atoms with van der Waals surface area (Å²) < 4.78 is 7.19. The van der Waals surface area contributed by atoms with Crippen LogP contribution in [0.5, 0.6) is 5.75 Å². The highest BCUT2D eigenvalue weighted by molar-refractivity contribution is 5.63. The van der Waals surface area contributed by atoms with Crippen molar-refractivity contribution in [3.05, 3.63) is 42.1 Å². The summed E-state index contributed by atoms with van der Waals surface area (Å²) in [6, 6.07) is 12.0. The molecule has 0 fully saturated rings. The highest BCUT2D eigenvalue weighted by Gasteiger charge is 2.13. The number of nitrogens with zero attached hydrogens (tertiary/aromatic N) is 1. The number of aliphatic hydroxyl groups excluding tert-OH is 1. The normalized spacial score (nSPS) is 10.4. The highest BCUT2D eigenvalue weighted by atomic mass is 16.5. The largest absolute Gasteiger partial charge is 0.495 e. The van der Waals surface area contributed by atoms with Gasteiger partial charge < -0.3 is 14.4 Å². The molecule has 3 heteroatoms. The molecule has 0 amide bonds. The molecule has 0 bridgehead atoms. The summed E-state index contributed by atoms with van der Waals surface area (Å²) in [5.74, 6) is 0.726. The van der Waals surface area contributed by atoms with Crippen LogP contribution in [0.3, 0.4) is 0 Å². The second-order valence-corrected chi connectivity index (χ2v) is 3.63. The molecule has 1 N–H and O–H groups in total. The predicted molar refractivity (Wildman–Crippen MR) is 63.3 cm³/mol. The van der Waals surface area contributed by atoms with Gasteiger partial charge >= 0.3 is 0 Å². The Morgan fingerprint density at radius 2 is 1.94 bits per heavy atom. The topological polar surface area (TPSA) is 34.4 Å². The lowest BCUT2D eigenvalue weighted by molar-refractivity contribution is 0.264. The molecule has 16 heavy (non-hydrogen) atoms. The zero-order valence-electron chi connectivity index (χ0n) is 9.47. The Bertz CT molecular complexity index is 474. The van der Waals surface area contributed by atoms with Crippen LogP contribution in [-0.4, -0.2) is 16.8 Å². The van der Waals surface area contributed by atoms with Gasteiger partial charge in [-0.1, -0.05) is 30.3 Å². The van der Waals surface area contributed by atoms with Crippen molar-refractivity contribution in [3.63, 3.8) is 0 Å². The second-order valence-electron chi connectivity index (χ2n) is 3.63. The van der Waals surface area contributed by atoms with Gasteiger partial charge in [0, 0.05) is 13.1 Å². The average molecular weight is 217 g/mol. The number of aliphatic hydroxyl groups is 1. The van der Waals surface area contributed by atoms with Gasteiger partial charge in [0.25, 0.3) is 0 Å². The molecule has 1 aromatic heterocycles. The second kappa shape index (κ2) is 4.41. The number of methoxy groups -OCH3 is 1. The van der Waals surface area contributed by atoms with Crippen LogP contribution in [0.4, 0.5) is 0 Å². The lowest BCUT2D eigenvalue weighted by Gasteiger charge is -2.05. The van der Waals surface area contributed by atoms with Crippen molar-refractivity contribution in [3.8, 4) is 17.0 Å². The molecule has 1 aromatic carbocycles. The fourth-order valence-corrected chi connectivity index (χ4v) is 1.86. The van der Waals surface area contributed by atoms with Gasteiger partial charge in [-0.25, -0.2) is 0 Å². The van der Waals surface area contributed by atoms with Gasteiger partial charge in [-0.3, -0.25) is 0 Å². The summed E-state index contributed by atoms with van der Waals surface area (Å²) in [6.45, 7) is -0.0213. The Labute approximate surface area is 94.9 Å². The molecule has 0 saturated carbocycles. The molecule has 0 saturated heterocycles. The SMILES string of the molecule is COc1cc(-c2ccccc2)n(C)c1CO. The first-order valence-corrected chi connectivity index (χ1v) is 5.16. The molecule has 0 atom stereocenters. The molecule has 0 radical (unpaired) electrons. The molecule has 3 nitrogen and oxygen atoms in total. The number of ether oxygens (including phenoxy) is 1. The number of rotatable bonds is 3. The monoisotopic (exact) mass is 217 g/mol. The third-order valence-electron chi connectivity index (χ3n) is 2.76. The molecule has 0 aliphatic rings. The van der Waals surface area contributed by atoms with Gasteiger partial charge in [-0.2, -0.15) is 0 Å². The van der Waals surface area contributed by atoms with Crippen molar-refractivity contribution in [2.75, 3.05) is 7.11 Å². The first-order valence-electron chi connectivity index (χ1n) is 5.16. The molecule has 2 aromatic rings. The number of aromatic nitrogens is 1. The van der Waals surface area contributed by atoms with E-state index in [0.29, 0.717) is 0 Å². The Morgan fingerprint density at radius 1 is 1.25 bits per heavy atom. The Kier molecular flexibility index (Phi) is 2.97. The lowest BCUT2D eigenvalue weighted by atomic mass is 10.1. The zero-order valence-corrected chi connectivity index (χ0v) is 9.47. The number of hydrogen-bond acceptors (Lipinski definition) is 2. The molecular formula is C13H15NO2.